The van der Waals surface area contributed by atoms with Crippen LogP contribution in [0.4, 0.5) is 4.79 Å². The van der Waals surface area contributed by atoms with Crippen molar-refractivity contribution in [1.29, 1.82) is 0 Å². The Hall–Kier alpha value is -0.910. The summed E-state index contributed by atoms with van der Waals surface area (Å²) in [7, 11) is 0. The molecule has 2 N–H and O–H groups in total. The molecule has 0 bridgehead atoms. The summed E-state index contributed by atoms with van der Waals surface area (Å²) in [5.41, 5.74) is 0. The third-order valence-corrected chi connectivity index (χ3v) is 6.25. The molecule has 0 spiro atoms. The van der Waals surface area contributed by atoms with Crippen LogP contribution < -0.4 is 5.32 Å². The summed E-state index contributed by atoms with van der Waals surface area (Å²) in [6.07, 6.45) is 8.65. The first-order valence-electron chi connectivity index (χ1n) is 7.84. The maximum Gasteiger partial charge on any atom is 0.317 e. The molecule has 0 radical (unpaired) electrons. The lowest BCUT2D eigenvalue weighted by atomic mass is 9.84. The van der Waals surface area contributed by atoms with Gasteiger partial charge in [-0.25, -0.2) is 4.79 Å². The van der Waals surface area contributed by atoms with E-state index in [0.29, 0.717) is 18.9 Å². The lowest BCUT2D eigenvalue weighted by Crippen LogP contribution is -2.51. The molecule has 5 nitrogen and oxygen atoms in total. The zero-order valence-corrected chi connectivity index (χ0v) is 13.6. The number of hydrogen-bond acceptors (Lipinski definition) is 3. The van der Waals surface area contributed by atoms with Gasteiger partial charge in [-0.15, -0.1) is 0 Å². The fourth-order valence-corrected chi connectivity index (χ4v) is 4.10. The van der Waals surface area contributed by atoms with Gasteiger partial charge in [0.25, 0.3) is 0 Å². The Kier molecular flexibility index (Phi) is 5.79. The molecule has 1 saturated heterocycles. The van der Waals surface area contributed by atoms with E-state index in [0.717, 1.165) is 25.9 Å². The van der Waals surface area contributed by atoms with Gasteiger partial charge in [-0.1, -0.05) is 6.42 Å². The zero-order chi connectivity index (χ0) is 15.3. The van der Waals surface area contributed by atoms with E-state index in [2.05, 4.69) is 11.6 Å². The first kappa shape index (κ1) is 16.5. The second kappa shape index (κ2) is 7.38. The molecule has 0 aromatic heterocycles. The number of nitrogens with one attached hydrogen (secondary N) is 1. The number of hydrogen-bond donors (Lipinski definition) is 2. The summed E-state index contributed by atoms with van der Waals surface area (Å²) < 4.78 is 0.258. The fraction of sp³-hybridized carbons (Fsp3) is 0.867. The fourth-order valence-electron chi connectivity index (χ4n) is 3.19. The molecule has 1 unspecified atom stereocenters. The van der Waals surface area contributed by atoms with Crippen molar-refractivity contribution in [3.8, 4) is 0 Å². The molecule has 120 valence electrons. The van der Waals surface area contributed by atoms with E-state index in [1.54, 1.807) is 0 Å². The number of aliphatic carboxylic acids is 1. The molecule has 2 amide bonds. The van der Waals surface area contributed by atoms with Gasteiger partial charge in [0.05, 0.1) is 0 Å². The normalized spacial score (nSPS) is 24.2. The molecule has 2 rings (SSSR count). The predicted octanol–water partition coefficient (Wildman–Crippen LogP) is 2.56. The number of urea groups is 1. The van der Waals surface area contributed by atoms with Gasteiger partial charge in [0.15, 0.2) is 0 Å². The molecular weight excluding hydrogens is 288 g/mol. The van der Waals surface area contributed by atoms with Gasteiger partial charge in [0, 0.05) is 30.8 Å². The SMILES string of the molecule is CSC1(CNC(=O)N2CCCC(CCC(=O)O)C2)CCC1. The predicted molar refractivity (Wildman–Crippen MR) is 84.7 cm³/mol. The third kappa shape index (κ3) is 4.53. The average molecular weight is 314 g/mol. The van der Waals surface area contributed by atoms with Crippen molar-refractivity contribution in [3.05, 3.63) is 0 Å². The number of carboxylic acids is 1. The number of likely N-dealkylation sites (tertiary alicyclic amines) is 1. The Balaban J connectivity index is 1.75. The largest absolute Gasteiger partial charge is 0.481 e. The van der Waals surface area contributed by atoms with Gasteiger partial charge in [0.1, 0.15) is 0 Å². The van der Waals surface area contributed by atoms with Crippen molar-refractivity contribution >= 4 is 23.8 Å². The van der Waals surface area contributed by atoms with Crippen molar-refractivity contribution in [2.75, 3.05) is 25.9 Å². The minimum atomic E-state index is -0.747. The summed E-state index contributed by atoms with van der Waals surface area (Å²) in [6.45, 7) is 2.25. The Morgan fingerprint density at radius 3 is 2.71 bits per heavy atom. The molecule has 1 aliphatic heterocycles. The van der Waals surface area contributed by atoms with Gasteiger partial charge in [-0.3, -0.25) is 4.79 Å². The maximum atomic E-state index is 12.3. The number of carbonyl (C=O) groups excluding carboxylic acids is 1. The molecule has 1 aliphatic carbocycles. The van der Waals surface area contributed by atoms with Gasteiger partial charge >= 0.3 is 12.0 Å². The van der Waals surface area contributed by atoms with E-state index in [1.807, 2.05) is 16.7 Å². The van der Waals surface area contributed by atoms with E-state index in [-0.39, 0.29) is 17.2 Å². The van der Waals surface area contributed by atoms with Crippen LogP contribution in [0.5, 0.6) is 0 Å². The highest BCUT2D eigenvalue weighted by Gasteiger charge is 2.36. The van der Waals surface area contributed by atoms with Crippen molar-refractivity contribution in [3.63, 3.8) is 0 Å². The topological polar surface area (TPSA) is 69.6 Å². The van der Waals surface area contributed by atoms with Crippen molar-refractivity contribution in [2.45, 2.75) is 49.7 Å². The second-order valence-electron chi connectivity index (χ2n) is 6.29. The number of carboxylic acid groups (broad SMARTS) is 1. The van der Waals surface area contributed by atoms with Gasteiger partial charge in [-0.2, -0.15) is 11.8 Å². The Morgan fingerprint density at radius 1 is 1.38 bits per heavy atom. The molecule has 1 saturated carbocycles. The molecular formula is C15H26N2O3S. The first-order valence-corrected chi connectivity index (χ1v) is 9.07. The first-order chi connectivity index (χ1) is 10.0. The molecule has 2 fully saturated rings. The summed E-state index contributed by atoms with van der Waals surface area (Å²) in [5, 5.41) is 11.8. The lowest BCUT2D eigenvalue weighted by molar-refractivity contribution is -0.137. The molecule has 6 heteroatoms. The molecule has 2 aliphatic rings. The smallest absolute Gasteiger partial charge is 0.317 e. The molecule has 1 atom stereocenters. The van der Waals surface area contributed by atoms with E-state index in [1.165, 1.54) is 19.3 Å². The monoisotopic (exact) mass is 314 g/mol. The van der Waals surface area contributed by atoms with Crippen LogP contribution in [0.1, 0.15) is 44.9 Å². The summed E-state index contributed by atoms with van der Waals surface area (Å²) >= 11 is 1.86. The van der Waals surface area contributed by atoms with Gasteiger partial charge < -0.3 is 15.3 Å². The number of piperidine rings is 1. The highest BCUT2D eigenvalue weighted by molar-refractivity contribution is 8.00. The highest BCUT2D eigenvalue weighted by Crippen LogP contribution is 2.42. The van der Waals surface area contributed by atoms with Gasteiger partial charge in [0.2, 0.25) is 0 Å². The minimum Gasteiger partial charge on any atom is -0.481 e. The van der Waals surface area contributed by atoms with Crippen molar-refractivity contribution < 1.29 is 14.7 Å². The zero-order valence-electron chi connectivity index (χ0n) is 12.8. The van der Waals surface area contributed by atoms with E-state index in [9.17, 15) is 9.59 Å². The number of carbonyl (C=O) groups is 2. The molecule has 0 aromatic rings. The Labute approximate surface area is 130 Å². The molecule has 21 heavy (non-hydrogen) atoms. The van der Waals surface area contributed by atoms with E-state index < -0.39 is 5.97 Å². The van der Waals surface area contributed by atoms with Crippen LogP contribution in [0, 0.1) is 5.92 Å². The van der Waals surface area contributed by atoms with Crippen LogP contribution in [-0.4, -0.2) is 52.6 Å². The number of rotatable bonds is 6. The van der Waals surface area contributed by atoms with Crippen LogP contribution in [0.2, 0.25) is 0 Å². The van der Waals surface area contributed by atoms with Gasteiger partial charge in [-0.05, 0) is 44.3 Å². The quantitative estimate of drug-likeness (QED) is 0.790. The summed E-state index contributed by atoms with van der Waals surface area (Å²) in [6, 6.07) is 0.0235. The minimum absolute atomic E-state index is 0.0235. The Bertz CT molecular complexity index is 380. The second-order valence-corrected chi connectivity index (χ2v) is 7.56. The van der Waals surface area contributed by atoms with Crippen LogP contribution in [0.15, 0.2) is 0 Å². The highest BCUT2D eigenvalue weighted by atomic mass is 32.2. The maximum absolute atomic E-state index is 12.3. The van der Waals surface area contributed by atoms with Crippen LogP contribution >= 0.6 is 11.8 Å². The van der Waals surface area contributed by atoms with Crippen molar-refractivity contribution in [2.24, 2.45) is 5.92 Å². The molecule has 0 aromatic carbocycles. The third-order valence-electron chi connectivity index (χ3n) is 4.83. The number of thioether (sulfide) groups is 1. The summed E-state index contributed by atoms with van der Waals surface area (Å²) in [4.78, 5) is 24.8. The van der Waals surface area contributed by atoms with E-state index in [4.69, 9.17) is 5.11 Å². The van der Waals surface area contributed by atoms with Crippen LogP contribution in [0.25, 0.3) is 0 Å². The van der Waals surface area contributed by atoms with Crippen LogP contribution in [-0.2, 0) is 4.79 Å². The Morgan fingerprint density at radius 2 is 2.14 bits per heavy atom. The van der Waals surface area contributed by atoms with Crippen molar-refractivity contribution in [1.82, 2.24) is 10.2 Å². The summed E-state index contributed by atoms with van der Waals surface area (Å²) in [5.74, 6) is -0.415. The standard InChI is InChI=1S/C15H26N2O3S/c1-21-15(7-3-8-15)11-16-14(20)17-9-2-4-12(10-17)5-6-13(18)19/h12H,2-11H2,1H3,(H,16,20)(H,18,19). The van der Waals surface area contributed by atoms with Crippen LogP contribution in [0.3, 0.4) is 0 Å². The van der Waals surface area contributed by atoms with E-state index >= 15 is 0 Å². The lowest BCUT2D eigenvalue weighted by Gasteiger charge is -2.41. The number of amides is 2. The average Bonchev–Trinajstić information content (AvgIpc) is 2.44. The molecule has 1 heterocycles. The number of nitrogens with zero attached hydrogens (tertiary/aromatic N) is 1.